The largest absolute Gasteiger partial charge is 0.433 e. The third kappa shape index (κ3) is 5.84. The lowest BCUT2D eigenvalue weighted by atomic mass is 9.91. The minimum Gasteiger partial charge on any atom is -0.366 e. The summed E-state index contributed by atoms with van der Waals surface area (Å²) in [5, 5.41) is 15.2. The molecular formula is C27H28F3N3O3S. The van der Waals surface area contributed by atoms with Gasteiger partial charge in [0.25, 0.3) is 15.6 Å². The molecule has 1 heterocycles. The number of nitrogens with zero attached hydrogens (tertiary/aromatic N) is 3. The van der Waals surface area contributed by atoms with Crippen molar-refractivity contribution in [3.05, 3.63) is 78.1 Å². The van der Waals surface area contributed by atoms with Crippen LogP contribution in [0.25, 0.3) is 0 Å². The van der Waals surface area contributed by atoms with E-state index >= 15 is 0 Å². The highest BCUT2D eigenvalue weighted by atomic mass is 32.2. The second kappa shape index (κ2) is 10.2. The van der Waals surface area contributed by atoms with Crippen LogP contribution in [-0.2, 0) is 22.2 Å². The fourth-order valence-electron chi connectivity index (χ4n) is 3.93. The second-order valence-electron chi connectivity index (χ2n) is 9.61. The van der Waals surface area contributed by atoms with Crippen molar-refractivity contribution in [2.24, 2.45) is 11.8 Å². The van der Waals surface area contributed by atoms with E-state index in [-0.39, 0.29) is 34.5 Å². The van der Waals surface area contributed by atoms with Gasteiger partial charge in [0, 0.05) is 24.8 Å². The van der Waals surface area contributed by atoms with Crippen LogP contribution >= 0.6 is 0 Å². The first-order chi connectivity index (χ1) is 17.4. The van der Waals surface area contributed by atoms with Gasteiger partial charge in [0.2, 0.25) is 0 Å². The van der Waals surface area contributed by atoms with Crippen LogP contribution in [0.3, 0.4) is 0 Å². The van der Waals surface area contributed by atoms with Gasteiger partial charge in [-0.05, 0) is 48.8 Å². The van der Waals surface area contributed by atoms with E-state index in [2.05, 4.69) is 11.0 Å². The van der Waals surface area contributed by atoms with Crippen LogP contribution in [0.2, 0.25) is 0 Å². The topological polar surface area (TPSA) is 75.4 Å². The van der Waals surface area contributed by atoms with Gasteiger partial charge in [-0.1, -0.05) is 56.2 Å². The predicted molar refractivity (Wildman–Crippen MR) is 134 cm³/mol. The molecule has 0 amide bonds. The molecule has 1 N–H and O–H groups in total. The molecule has 1 saturated carbocycles. The number of benzene rings is 2. The lowest BCUT2D eigenvalue weighted by molar-refractivity contribution is -0.240. The predicted octanol–water partition coefficient (Wildman–Crippen LogP) is 4.95. The summed E-state index contributed by atoms with van der Waals surface area (Å²) in [6.45, 7) is 4.51. The molecule has 37 heavy (non-hydrogen) atoms. The number of alkyl halides is 3. The Morgan fingerprint density at radius 2 is 1.76 bits per heavy atom. The Morgan fingerprint density at radius 3 is 2.38 bits per heavy atom. The van der Waals surface area contributed by atoms with Crippen LogP contribution in [0, 0.1) is 23.7 Å². The van der Waals surface area contributed by atoms with Crippen LogP contribution in [0.1, 0.15) is 37.8 Å². The molecule has 10 heteroatoms. The van der Waals surface area contributed by atoms with Crippen molar-refractivity contribution in [2.75, 3.05) is 10.8 Å². The maximum Gasteiger partial charge on any atom is 0.433 e. The highest BCUT2D eigenvalue weighted by Gasteiger charge is 2.56. The molecule has 0 aliphatic heterocycles. The lowest BCUT2D eigenvalue weighted by Gasteiger charge is -2.32. The molecule has 3 aromatic rings. The zero-order valence-electron chi connectivity index (χ0n) is 20.5. The molecule has 1 atom stereocenters. The third-order valence-electron chi connectivity index (χ3n) is 6.00. The van der Waals surface area contributed by atoms with Crippen LogP contribution in [-0.4, -0.2) is 36.0 Å². The number of aromatic nitrogens is 2. The van der Waals surface area contributed by atoms with Gasteiger partial charge in [-0.25, -0.2) is 8.42 Å². The van der Waals surface area contributed by atoms with E-state index in [9.17, 15) is 26.7 Å². The van der Waals surface area contributed by atoms with Crippen LogP contribution < -0.4 is 4.31 Å². The average molecular weight is 532 g/mol. The number of rotatable bonds is 8. The van der Waals surface area contributed by atoms with Gasteiger partial charge in [-0.3, -0.25) is 8.99 Å². The van der Waals surface area contributed by atoms with Crippen molar-refractivity contribution < 1.29 is 26.7 Å². The highest BCUT2D eigenvalue weighted by Crippen LogP contribution is 2.44. The van der Waals surface area contributed by atoms with E-state index in [1.807, 2.05) is 19.8 Å². The Kier molecular flexibility index (Phi) is 7.40. The molecular weight excluding hydrogens is 503 g/mol. The lowest BCUT2D eigenvalue weighted by Crippen LogP contribution is -2.43. The number of anilines is 1. The van der Waals surface area contributed by atoms with E-state index in [1.165, 1.54) is 42.7 Å². The van der Waals surface area contributed by atoms with Crippen molar-refractivity contribution in [3.63, 3.8) is 0 Å². The third-order valence-corrected chi connectivity index (χ3v) is 7.79. The summed E-state index contributed by atoms with van der Waals surface area (Å²) in [4.78, 5) is -0.0512. The van der Waals surface area contributed by atoms with Gasteiger partial charge in [-0.2, -0.15) is 18.3 Å². The zero-order chi connectivity index (χ0) is 26.8. The van der Waals surface area contributed by atoms with E-state index in [0.717, 1.165) is 23.2 Å². The maximum absolute atomic E-state index is 14.5. The monoisotopic (exact) mass is 531 g/mol. The first-order valence-electron chi connectivity index (χ1n) is 11.9. The van der Waals surface area contributed by atoms with Crippen molar-refractivity contribution in [1.82, 2.24) is 9.78 Å². The molecule has 0 spiro atoms. The number of hydrogen-bond donors (Lipinski definition) is 1. The summed E-state index contributed by atoms with van der Waals surface area (Å²) in [5.41, 5.74) is -4.34. The summed E-state index contributed by atoms with van der Waals surface area (Å²) >= 11 is 0. The SMILES string of the molecule is CC(C)Cn1cc(C#CC(O)(c2ccccc2N(CC2CC2)S(=O)(=O)c2ccccc2)C(F)(F)F)cn1. The number of halogens is 3. The van der Waals surface area contributed by atoms with Gasteiger partial charge in [0.1, 0.15) is 0 Å². The molecule has 0 bridgehead atoms. The normalized spacial score (nSPS) is 15.6. The van der Waals surface area contributed by atoms with Crippen molar-refractivity contribution in [3.8, 4) is 11.8 Å². The number of hydrogen-bond acceptors (Lipinski definition) is 4. The summed E-state index contributed by atoms with van der Waals surface area (Å²) in [5.74, 6) is 4.68. The molecule has 196 valence electrons. The minimum atomic E-state index is -5.22. The Hall–Kier alpha value is -3.29. The maximum atomic E-state index is 14.5. The van der Waals surface area contributed by atoms with Crippen LogP contribution in [0.5, 0.6) is 0 Å². The van der Waals surface area contributed by atoms with Gasteiger partial charge in [0.15, 0.2) is 0 Å². The fraction of sp³-hybridized carbons (Fsp3) is 0.370. The van der Waals surface area contributed by atoms with Gasteiger partial charge < -0.3 is 5.11 Å². The fourth-order valence-corrected chi connectivity index (χ4v) is 5.51. The smallest absolute Gasteiger partial charge is 0.366 e. The van der Waals surface area contributed by atoms with Crippen molar-refractivity contribution in [2.45, 2.75) is 49.9 Å². The first-order valence-corrected chi connectivity index (χ1v) is 13.4. The quantitative estimate of drug-likeness (QED) is 0.418. The van der Waals surface area contributed by atoms with E-state index in [0.29, 0.717) is 6.54 Å². The summed E-state index contributed by atoms with van der Waals surface area (Å²) in [6.07, 6.45) is -0.836. The molecule has 1 aliphatic rings. The number of para-hydroxylation sites is 1. The molecule has 6 nitrogen and oxygen atoms in total. The average Bonchev–Trinajstić information content (AvgIpc) is 3.57. The second-order valence-corrected chi connectivity index (χ2v) is 11.5. The Labute approximate surface area is 214 Å². The van der Waals surface area contributed by atoms with E-state index in [4.69, 9.17) is 0 Å². The molecule has 2 aromatic carbocycles. The number of sulfonamides is 1. The number of aliphatic hydroxyl groups is 1. The molecule has 1 unspecified atom stereocenters. The first kappa shape index (κ1) is 26.8. The Bertz CT molecular complexity index is 1400. The van der Waals surface area contributed by atoms with Gasteiger partial charge >= 0.3 is 6.18 Å². The zero-order valence-corrected chi connectivity index (χ0v) is 21.3. The van der Waals surface area contributed by atoms with Crippen LogP contribution in [0.4, 0.5) is 18.9 Å². The van der Waals surface area contributed by atoms with E-state index < -0.39 is 27.4 Å². The van der Waals surface area contributed by atoms with Crippen LogP contribution in [0.15, 0.2) is 71.9 Å². The molecule has 0 saturated heterocycles. The minimum absolute atomic E-state index is 0.00240. The van der Waals surface area contributed by atoms with Gasteiger partial charge in [0.05, 0.1) is 22.3 Å². The van der Waals surface area contributed by atoms with E-state index in [1.54, 1.807) is 22.9 Å². The van der Waals surface area contributed by atoms with Gasteiger partial charge in [-0.15, -0.1) is 0 Å². The summed E-state index contributed by atoms with van der Waals surface area (Å²) in [7, 11) is -4.22. The van der Waals surface area contributed by atoms with Crippen molar-refractivity contribution in [1.29, 1.82) is 0 Å². The Balaban J connectivity index is 1.83. The molecule has 1 aliphatic carbocycles. The molecule has 1 fully saturated rings. The molecule has 4 rings (SSSR count). The Morgan fingerprint density at radius 1 is 1.11 bits per heavy atom. The molecule has 0 radical (unpaired) electrons. The standard InChI is InChI=1S/C27H28F3N3O3S/c1-20(2)17-32-18-22(16-31-32)14-15-26(34,27(28,29)30)24-10-6-7-11-25(24)33(19-21-12-13-21)37(35,36)23-8-4-3-5-9-23/h3-11,16,18,20-21,34H,12-13,17,19H2,1-2H3. The molecule has 1 aromatic heterocycles. The summed E-state index contributed by atoms with van der Waals surface area (Å²) < 4.78 is 73.2. The highest BCUT2D eigenvalue weighted by molar-refractivity contribution is 7.92. The van der Waals surface area contributed by atoms with Crippen molar-refractivity contribution >= 4 is 15.7 Å². The summed E-state index contributed by atoms with van der Waals surface area (Å²) in [6, 6.07) is 12.6.